The molecular weight excluding hydrogens is 468 g/mol. The maximum absolute atomic E-state index is 13.1. The molecule has 37 heavy (non-hydrogen) atoms. The van der Waals surface area contributed by atoms with Crippen molar-refractivity contribution in [2.45, 2.75) is 32.7 Å². The second-order valence-corrected chi connectivity index (χ2v) is 8.95. The molecule has 0 aliphatic heterocycles. The highest BCUT2D eigenvalue weighted by Crippen LogP contribution is 2.21. The van der Waals surface area contributed by atoms with Crippen LogP contribution in [0.1, 0.15) is 36.0 Å². The van der Waals surface area contributed by atoms with Crippen molar-refractivity contribution in [1.29, 1.82) is 0 Å². The van der Waals surface area contributed by atoms with Gasteiger partial charge in [-0.1, -0.05) is 61.5 Å². The predicted octanol–water partition coefficient (Wildman–Crippen LogP) is 5.49. The molecule has 0 fully saturated rings. The third kappa shape index (κ3) is 6.49. The quantitative estimate of drug-likeness (QED) is 0.299. The first kappa shape index (κ1) is 25.4. The van der Waals surface area contributed by atoms with Gasteiger partial charge in [-0.3, -0.25) is 14.2 Å². The molecular formula is C29H28N4O4. The molecule has 0 aliphatic carbocycles. The monoisotopic (exact) mass is 496 g/mol. The average molecular weight is 497 g/mol. The molecule has 188 valence electrons. The number of urea groups is 1. The number of benzene rings is 3. The topological polar surface area (TPSA) is 113 Å². The lowest BCUT2D eigenvalue weighted by atomic mass is 9.97. The Kier molecular flexibility index (Phi) is 7.78. The van der Waals surface area contributed by atoms with Crippen molar-refractivity contribution in [3.8, 4) is 11.1 Å². The second-order valence-electron chi connectivity index (χ2n) is 8.95. The molecule has 0 aliphatic rings. The SMILES string of the molecule is Cc1ccccc1NC(=O)Nc1ccc(-c2cncn(Cc3ccc(C(C)CC(=O)O)cc3)c2=O)cc1. The summed E-state index contributed by atoms with van der Waals surface area (Å²) in [6.45, 7) is 4.13. The number of amides is 2. The number of hydrogen-bond donors (Lipinski definition) is 3. The Hall–Kier alpha value is -4.72. The van der Waals surface area contributed by atoms with E-state index in [2.05, 4.69) is 15.6 Å². The minimum atomic E-state index is -0.833. The van der Waals surface area contributed by atoms with E-state index < -0.39 is 5.97 Å². The first-order valence-corrected chi connectivity index (χ1v) is 11.9. The number of carboxylic acids is 1. The van der Waals surface area contributed by atoms with E-state index in [1.807, 2.05) is 62.4 Å². The minimum Gasteiger partial charge on any atom is -0.481 e. The molecule has 1 atom stereocenters. The standard InChI is InChI=1S/C29H28N4O4/c1-19-5-3-4-6-26(19)32-29(37)31-24-13-11-23(12-14-24)25-16-30-18-33(28(25)36)17-21-7-9-22(10-8-21)20(2)15-27(34)35/h3-14,16,18,20H,15,17H2,1-2H3,(H,34,35)(H2,31,32,37). The van der Waals surface area contributed by atoms with Gasteiger partial charge in [-0.15, -0.1) is 0 Å². The zero-order chi connectivity index (χ0) is 26.4. The zero-order valence-corrected chi connectivity index (χ0v) is 20.6. The van der Waals surface area contributed by atoms with Gasteiger partial charge in [0.05, 0.1) is 24.9 Å². The Balaban J connectivity index is 1.44. The van der Waals surface area contributed by atoms with Gasteiger partial charge in [0.25, 0.3) is 5.56 Å². The molecule has 0 saturated carbocycles. The Morgan fingerprint density at radius 2 is 1.68 bits per heavy atom. The van der Waals surface area contributed by atoms with Gasteiger partial charge >= 0.3 is 12.0 Å². The van der Waals surface area contributed by atoms with Gasteiger partial charge < -0.3 is 15.7 Å². The summed E-state index contributed by atoms with van der Waals surface area (Å²) in [5.74, 6) is -0.925. The Morgan fingerprint density at radius 3 is 2.35 bits per heavy atom. The summed E-state index contributed by atoms with van der Waals surface area (Å²) < 4.78 is 1.53. The molecule has 1 heterocycles. The van der Waals surface area contributed by atoms with Crippen LogP contribution in [0, 0.1) is 6.92 Å². The van der Waals surface area contributed by atoms with Gasteiger partial charge in [-0.25, -0.2) is 9.78 Å². The van der Waals surface area contributed by atoms with Crippen molar-refractivity contribution in [3.05, 3.63) is 112 Å². The molecule has 4 rings (SSSR count). The van der Waals surface area contributed by atoms with Crippen molar-refractivity contribution in [3.63, 3.8) is 0 Å². The van der Waals surface area contributed by atoms with Gasteiger partial charge in [0.2, 0.25) is 0 Å². The molecule has 3 N–H and O–H groups in total. The summed E-state index contributed by atoms with van der Waals surface area (Å²) in [4.78, 5) is 40.7. The molecule has 1 unspecified atom stereocenters. The molecule has 3 aromatic carbocycles. The molecule has 0 spiro atoms. The summed E-state index contributed by atoms with van der Waals surface area (Å²) in [6, 6.07) is 21.8. The maximum atomic E-state index is 13.1. The van der Waals surface area contributed by atoms with Crippen LogP contribution in [0.5, 0.6) is 0 Å². The smallest absolute Gasteiger partial charge is 0.323 e. The number of hydrogen-bond acceptors (Lipinski definition) is 4. The number of para-hydroxylation sites is 1. The van der Waals surface area contributed by atoms with Crippen molar-refractivity contribution in [2.24, 2.45) is 0 Å². The van der Waals surface area contributed by atoms with Crippen molar-refractivity contribution >= 4 is 23.4 Å². The van der Waals surface area contributed by atoms with E-state index in [9.17, 15) is 14.4 Å². The molecule has 0 bridgehead atoms. The summed E-state index contributed by atoms with van der Waals surface area (Å²) in [6.07, 6.45) is 3.10. The third-order valence-corrected chi connectivity index (χ3v) is 6.13. The van der Waals surface area contributed by atoms with Gasteiger partial charge in [0.1, 0.15) is 0 Å². The number of carbonyl (C=O) groups is 2. The summed E-state index contributed by atoms with van der Waals surface area (Å²) in [7, 11) is 0. The largest absolute Gasteiger partial charge is 0.481 e. The van der Waals surface area contributed by atoms with Crippen LogP contribution in [0.3, 0.4) is 0 Å². The van der Waals surface area contributed by atoms with E-state index >= 15 is 0 Å². The number of aromatic nitrogens is 2. The summed E-state index contributed by atoms with van der Waals surface area (Å²) >= 11 is 0. The van der Waals surface area contributed by atoms with Crippen LogP contribution in [0.2, 0.25) is 0 Å². The first-order chi connectivity index (χ1) is 17.8. The van der Waals surface area contributed by atoms with E-state index in [1.54, 1.807) is 24.3 Å². The van der Waals surface area contributed by atoms with Crippen LogP contribution >= 0.6 is 0 Å². The van der Waals surface area contributed by atoms with Crippen LogP contribution in [0.15, 0.2) is 90.1 Å². The average Bonchev–Trinajstić information content (AvgIpc) is 2.87. The van der Waals surface area contributed by atoms with Crippen LogP contribution in [-0.4, -0.2) is 26.7 Å². The van der Waals surface area contributed by atoms with Gasteiger partial charge in [-0.05, 0) is 53.3 Å². The second kappa shape index (κ2) is 11.3. The van der Waals surface area contributed by atoms with Crippen LogP contribution in [0.25, 0.3) is 11.1 Å². The lowest BCUT2D eigenvalue weighted by molar-refractivity contribution is -0.137. The fourth-order valence-corrected chi connectivity index (χ4v) is 4.02. The van der Waals surface area contributed by atoms with Crippen molar-refractivity contribution < 1.29 is 14.7 Å². The Morgan fingerprint density at radius 1 is 0.973 bits per heavy atom. The number of nitrogens with one attached hydrogen (secondary N) is 2. The van der Waals surface area contributed by atoms with E-state index in [4.69, 9.17) is 5.11 Å². The number of carbonyl (C=O) groups excluding carboxylic acids is 1. The summed E-state index contributed by atoms with van der Waals surface area (Å²) in [5, 5.41) is 14.6. The third-order valence-electron chi connectivity index (χ3n) is 6.13. The highest BCUT2D eigenvalue weighted by molar-refractivity contribution is 6.00. The predicted molar refractivity (Wildman–Crippen MR) is 144 cm³/mol. The lowest BCUT2D eigenvalue weighted by Crippen LogP contribution is -2.22. The number of aryl methyl sites for hydroxylation is 1. The number of anilines is 2. The fraction of sp³-hybridized carbons (Fsp3) is 0.172. The number of rotatable bonds is 8. The molecule has 8 nitrogen and oxygen atoms in total. The van der Waals surface area contributed by atoms with Crippen LogP contribution in [0.4, 0.5) is 16.2 Å². The molecule has 8 heteroatoms. The molecule has 1 aromatic heterocycles. The molecule has 4 aromatic rings. The number of aliphatic carboxylic acids is 1. The van der Waals surface area contributed by atoms with Gasteiger partial charge in [-0.2, -0.15) is 0 Å². The first-order valence-electron chi connectivity index (χ1n) is 11.9. The Labute approximate surface area is 214 Å². The normalized spacial score (nSPS) is 11.5. The van der Waals surface area contributed by atoms with Crippen molar-refractivity contribution in [1.82, 2.24) is 9.55 Å². The highest BCUT2D eigenvalue weighted by atomic mass is 16.4. The summed E-state index contributed by atoms with van der Waals surface area (Å²) in [5.41, 5.74) is 5.09. The lowest BCUT2D eigenvalue weighted by Gasteiger charge is -2.12. The van der Waals surface area contributed by atoms with E-state index in [-0.39, 0.29) is 23.9 Å². The zero-order valence-electron chi connectivity index (χ0n) is 20.6. The number of carboxylic acid groups (broad SMARTS) is 1. The minimum absolute atomic E-state index is 0.0659. The Bertz CT molecular complexity index is 1460. The van der Waals surface area contributed by atoms with Crippen LogP contribution in [-0.2, 0) is 11.3 Å². The van der Waals surface area contributed by atoms with E-state index in [0.717, 1.165) is 22.4 Å². The molecule has 2 amide bonds. The van der Waals surface area contributed by atoms with Crippen LogP contribution < -0.4 is 16.2 Å². The van der Waals surface area contributed by atoms with E-state index in [1.165, 1.54) is 17.1 Å². The van der Waals surface area contributed by atoms with Gasteiger partial charge in [0.15, 0.2) is 0 Å². The van der Waals surface area contributed by atoms with E-state index in [0.29, 0.717) is 23.4 Å². The molecule has 0 radical (unpaired) electrons. The highest BCUT2D eigenvalue weighted by Gasteiger charge is 2.12. The van der Waals surface area contributed by atoms with Crippen molar-refractivity contribution in [2.75, 3.05) is 10.6 Å². The van der Waals surface area contributed by atoms with Gasteiger partial charge in [0, 0.05) is 17.6 Å². The fourth-order valence-electron chi connectivity index (χ4n) is 4.02. The maximum Gasteiger partial charge on any atom is 0.323 e. The molecule has 0 saturated heterocycles. The number of nitrogens with zero attached hydrogens (tertiary/aromatic N) is 2.